The SMILES string of the molecule is CCCN(CCc1csc2nc(-c3ccccc3)cn12)S(=O)(=O)c1ccc2ccccc2c1. The van der Waals surface area contributed by atoms with Crippen LogP contribution >= 0.6 is 11.3 Å². The van der Waals surface area contributed by atoms with Gasteiger partial charge in [0.25, 0.3) is 0 Å². The zero-order valence-corrected chi connectivity index (χ0v) is 20.0. The monoisotopic (exact) mass is 475 g/mol. The Morgan fingerprint density at radius 1 is 0.939 bits per heavy atom. The van der Waals surface area contributed by atoms with Gasteiger partial charge in [-0.3, -0.25) is 4.40 Å². The average Bonchev–Trinajstić information content (AvgIpc) is 3.43. The zero-order valence-electron chi connectivity index (χ0n) is 18.4. The molecule has 0 saturated heterocycles. The number of thiazole rings is 1. The number of benzene rings is 3. The summed E-state index contributed by atoms with van der Waals surface area (Å²) < 4.78 is 30.7. The van der Waals surface area contributed by atoms with Gasteiger partial charge < -0.3 is 0 Å². The van der Waals surface area contributed by atoms with Crippen molar-refractivity contribution in [2.75, 3.05) is 13.1 Å². The van der Waals surface area contributed by atoms with Crippen molar-refractivity contribution < 1.29 is 8.42 Å². The fraction of sp³-hybridized carbons (Fsp3) is 0.192. The Kier molecular flexibility index (Phi) is 6.01. The first-order chi connectivity index (χ1) is 16.1. The smallest absolute Gasteiger partial charge is 0.243 e. The maximum absolute atomic E-state index is 13.5. The number of imidazole rings is 1. The molecule has 5 rings (SSSR count). The molecule has 0 N–H and O–H groups in total. The van der Waals surface area contributed by atoms with Crippen LogP contribution in [0.4, 0.5) is 0 Å². The molecular weight excluding hydrogens is 450 g/mol. The molecule has 0 saturated carbocycles. The minimum Gasteiger partial charge on any atom is -0.294 e. The van der Waals surface area contributed by atoms with Crippen LogP contribution in [0.2, 0.25) is 0 Å². The lowest BCUT2D eigenvalue weighted by Gasteiger charge is -2.22. The summed E-state index contributed by atoms with van der Waals surface area (Å²) in [6, 6.07) is 23.3. The molecule has 2 aromatic heterocycles. The summed E-state index contributed by atoms with van der Waals surface area (Å²) in [4.78, 5) is 6.01. The molecule has 0 bridgehead atoms. The molecule has 0 radical (unpaired) electrons. The van der Waals surface area contributed by atoms with Gasteiger partial charge in [0.1, 0.15) is 0 Å². The van der Waals surface area contributed by atoms with Gasteiger partial charge >= 0.3 is 0 Å². The van der Waals surface area contributed by atoms with E-state index in [1.54, 1.807) is 27.8 Å². The van der Waals surface area contributed by atoms with E-state index in [-0.39, 0.29) is 0 Å². The minimum atomic E-state index is -3.59. The van der Waals surface area contributed by atoms with Crippen LogP contribution in [0, 0.1) is 0 Å². The highest BCUT2D eigenvalue weighted by Crippen LogP contribution is 2.25. The molecule has 0 aliphatic rings. The van der Waals surface area contributed by atoms with Crippen molar-refractivity contribution in [3.05, 3.63) is 90.1 Å². The first kappa shape index (κ1) is 21.8. The number of sulfonamides is 1. The fourth-order valence-electron chi connectivity index (χ4n) is 4.07. The lowest BCUT2D eigenvalue weighted by Crippen LogP contribution is -2.33. The summed E-state index contributed by atoms with van der Waals surface area (Å²) in [6.45, 7) is 2.92. The standard InChI is InChI=1S/C26H25N3O2S2/c1-2-15-28(33(30,31)24-13-12-20-8-6-7-11-22(20)17-24)16-14-23-19-32-26-27-25(18-29(23)26)21-9-4-3-5-10-21/h3-13,17-19H,2,14-16H2,1H3. The third kappa shape index (κ3) is 4.31. The minimum absolute atomic E-state index is 0.346. The van der Waals surface area contributed by atoms with Gasteiger partial charge in [0.2, 0.25) is 10.0 Å². The van der Waals surface area contributed by atoms with Crippen molar-refractivity contribution in [1.82, 2.24) is 13.7 Å². The van der Waals surface area contributed by atoms with E-state index in [4.69, 9.17) is 4.98 Å². The van der Waals surface area contributed by atoms with Gasteiger partial charge in [-0.1, -0.05) is 67.6 Å². The number of hydrogen-bond acceptors (Lipinski definition) is 4. The fourth-order valence-corrected chi connectivity index (χ4v) is 6.55. The van der Waals surface area contributed by atoms with Crippen LogP contribution in [-0.2, 0) is 16.4 Å². The van der Waals surface area contributed by atoms with Crippen LogP contribution in [0.5, 0.6) is 0 Å². The van der Waals surface area contributed by atoms with E-state index < -0.39 is 10.0 Å². The van der Waals surface area contributed by atoms with E-state index in [0.29, 0.717) is 24.4 Å². The van der Waals surface area contributed by atoms with E-state index in [0.717, 1.165) is 39.1 Å². The van der Waals surface area contributed by atoms with Crippen LogP contribution in [-0.4, -0.2) is 35.2 Å². The first-order valence-electron chi connectivity index (χ1n) is 11.1. The van der Waals surface area contributed by atoms with Crippen molar-refractivity contribution in [3.63, 3.8) is 0 Å². The summed E-state index contributed by atoms with van der Waals surface area (Å²) in [6.07, 6.45) is 3.42. The normalized spacial score (nSPS) is 12.2. The quantitative estimate of drug-likeness (QED) is 0.282. The Labute approximate surface area is 198 Å². The molecule has 0 unspecified atom stereocenters. The van der Waals surface area contributed by atoms with Crippen molar-refractivity contribution in [3.8, 4) is 11.3 Å². The molecule has 2 heterocycles. The molecule has 5 nitrogen and oxygen atoms in total. The number of hydrogen-bond donors (Lipinski definition) is 0. The van der Waals surface area contributed by atoms with Gasteiger partial charge in [-0.2, -0.15) is 4.31 Å². The molecule has 0 atom stereocenters. The molecule has 5 aromatic rings. The Balaban J connectivity index is 1.40. The van der Waals surface area contributed by atoms with Gasteiger partial charge in [-0.05, 0) is 29.3 Å². The van der Waals surface area contributed by atoms with Crippen LogP contribution in [0.25, 0.3) is 27.0 Å². The zero-order chi connectivity index (χ0) is 22.8. The highest BCUT2D eigenvalue weighted by Gasteiger charge is 2.24. The van der Waals surface area contributed by atoms with Crippen LogP contribution in [0.3, 0.4) is 0 Å². The summed E-state index contributed by atoms with van der Waals surface area (Å²) >= 11 is 1.58. The summed E-state index contributed by atoms with van der Waals surface area (Å²) in [5.74, 6) is 0. The van der Waals surface area contributed by atoms with Crippen LogP contribution < -0.4 is 0 Å². The highest BCUT2D eigenvalue weighted by atomic mass is 32.2. The molecule has 168 valence electrons. The predicted octanol–water partition coefficient (Wildman–Crippen LogP) is 5.86. The van der Waals surface area contributed by atoms with Crippen molar-refractivity contribution in [1.29, 1.82) is 0 Å². The lowest BCUT2D eigenvalue weighted by atomic mass is 10.1. The first-order valence-corrected chi connectivity index (χ1v) is 13.4. The van der Waals surface area contributed by atoms with Gasteiger partial charge in [0.05, 0.1) is 10.6 Å². The molecule has 0 aliphatic carbocycles. The second-order valence-electron chi connectivity index (χ2n) is 8.03. The van der Waals surface area contributed by atoms with Crippen LogP contribution in [0.15, 0.2) is 89.3 Å². The van der Waals surface area contributed by atoms with Crippen molar-refractivity contribution in [2.45, 2.75) is 24.7 Å². The molecule has 0 spiro atoms. The largest absolute Gasteiger partial charge is 0.294 e. The lowest BCUT2D eigenvalue weighted by molar-refractivity contribution is 0.412. The topological polar surface area (TPSA) is 54.7 Å². The Bertz CT molecular complexity index is 1500. The summed E-state index contributed by atoms with van der Waals surface area (Å²) in [5, 5.41) is 4.04. The average molecular weight is 476 g/mol. The highest BCUT2D eigenvalue weighted by molar-refractivity contribution is 7.89. The second-order valence-corrected chi connectivity index (χ2v) is 10.8. The molecule has 0 amide bonds. The van der Waals surface area contributed by atoms with Gasteiger partial charge in [-0.25, -0.2) is 13.4 Å². The molecule has 7 heteroatoms. The van der Waals surface area contributed by atoms with E-state index in [9.17, 15) is 8.42 Å². The Morgan fingerprint density at radius 2 is 1.70 bits per heavy atom. The maximum atomic E-state index is 13.5. The van der Waals surface area contributed by atoms with E-state index in [2.05, 4.69) is 9.78 Å². The number of aromatic nitrogens is 2. The molecule has 33 heavy (non-hydrogen) atoms. The number of fused-ring (bicyclic) bond motifs is 2. The third-order valence-corrected chi connectivity index (χ3v) is 8.59. The van der Waals surface area contributed by atoms with Crippen LogP contribution in [0.1, 0.15) is 19.0 Å². The Hall–Kier alpha value is -3.00. The van der Waals surface area contributed by atoms with E-state index >= 15 is 0 Å². The number of nitrogens with zero attached hydrogens (tertiary/aromatic N) is 3. The van der Waals surface area contributed by atoms with E-state index in [1.807, 2.05) is 73.8 Å². The molecule has 0 aliphatic heterocycles. The molecular formula is C26H25N3O2S2. The predicted molar refractivity (Wildman–Crippen MR) is 135 cm³/mol. The van der Waals surface area contributed by atoms with Crippen molar-refractivity contribution >= 4 is 37.1 Å². The van der Waals surface area contributed by atoms with Gasteiger partial charge in [0.15, 0.2) is 4.96 Å². The van der Waals surface area contributed by atoms with Gasteiger partial charge in [0, 0.05) is 42.3 Å². The summed E-state index contributed by atoms with van der Waals surface area (Å²) in [5.41, 5.74) is 3.07. The number of rotatable bonds is 8. The van der Waals surface area contributed by atoms with Crippen molar-refractivity contribution in [2.24, 2.45) is 0 Å². The molecule has 3 aromatic carbocycles. The Morgan fingerprint density at radius 3 is 2.48 bits per heavy atom. The van der Waals surface area contributed by atoms with Gasteiger partial charge in [-0.15, -0.1) is 11.3 Å². The second kappa shape index (κ2) is 9.09. The maximum Gasteiger partial charge on any atom is 0.243 e. The summed E-state index contributed by atoms with van der Waals surface area (Å²) in [7, 11) is -3.59. The van der Waals surface area contributed by atoms with E-state index in [1.165, 1.54) is 0 Å². The molecule has 0 fully saturated rings. The third-order valence-electron chi connectivity index (χ3n) is 5.80.